The molecule has 1 aliphatic heterocycles. The second-order valence-corrected chi connectivity index (χ2v) is 4.54. The van der Waals surface area contributed by atoms with Crippen LogP contribution in [0.4, 0.5) is 0 Å². The second kappa shape index (κ2) is 6.56. The zero-order chi connectivity index (χ0) is 12.8. The number of hydrogen-bond donors (Lipinski definition) is 3. The molecule has 1 aliphatic rings. The third-order valence-electron chi connectivity index (χ3n) is 2.71. The molecule has 1 fully saturated rings. The van der Waals surface area contributed by atoms with E-state index >= 15 is 0 Å². The molecule has 1 saturated heterocycles. The topological polar surface area (TPSA) is 93.5 Å². The maximum absolute atomic E-state index is 11.7. The maximum atomic E-state index is 11.7. The first-order valence-corrected chi connectivity index (χ1v) is 5.91. The summed E-state index contributed by atoms with van der Waals surface area (Å²) >= 11 is 0. The van der Waals surface area contributed by atoms with Gasteiger partial charge in [-0.05, 0) is 0 Å². The highest BCUT2D eigenvalue weighted by atomic mass is 16.5. The molecule has 2 atom stereocenters. The smallest absolute Gasteiger partial charge is 0.227 e. The molecule has 0 spiro atoms. The largest absolute Gasteiger partial charge is 0.379 e. The van der Waals surface area contributed by atoms with Gasteiger partial charge in [0.1, 0.15) is 0 Å². The number of carbonyl (C=O) groups excluding carboxylic acids is 2. The molecule has 0 aromatic rings. The Bertz CT molecular complexity index is 281. The van der Waals surface area contributed by atoms with E-state index in [9.17, 15) is 9.59 Å². The Morgan fingerprint density at radius 1 is 1.29 bits per heavy atom. The van der Waals surface area contributed by atoms with E-state index in [1.54, 1.807) is 0 Å². The minimum absolute atomic E-state index is 0.0137. The molecule has 0 aromatic heterocycles. The van der Waals surface area contributed by atoms with E-state index in [1.165, 1.54) is 0 Å². The van der Waals surface area contributed by atoms with Crippen molar-refractivity contribution < 1.29 is 14.3 Å². The molecule has 1 heterocycles. The predicted molar refractivity (Wildman–Crippen MR) is 63.1 cm³/mol. The van der Waals surface area contributed by atoms with Gasteiger partial charge < -0.3 is 21.1 Å². The van der Waals surface area contributed by atoms with Gasteiger partial charge in [-0.15, -0.1) is 0 Å². The van der Waals surface area contributed by atoms with Crippen molar-refractivity contribution in [3.8, 4) is 0 Å². The number of nitrogens with one attached hydrogen (secondary N) is 2. The van der Waals surface area contributed by atoms with Crippen molar-refractivity contribution in [3.05, 3.63) is 0 Å². The monoisotopic (exact) mass is 243 g/mol. The molecule has 6 nitrogen and oxygen atoms in total. The van der Waals surface area contributed by atoms with Gasteiger partial charge in [0.25, 0.3) is 0 Å². The van der Waals surface area contributed by atoms with Gasteiger partial charge in [-0.3, -0.25) is 9.59 Å². The van der Waals surface area contributed by atoms with Crippen LogP contribution in [0.25, 0.3) is 0 Å². The first-order chi connectivity index (χ1) is 8.02. The lowest BCUT2D eigenvalue weighted by atomic mass is 10.0. The predicted octanol–water partition coefficient (Wildman–Crippen LogP) is -1.15. The molecule has 0 aromatic carbocycles. The number of carbonyl (C=O) groups is 2. The summed E-state index contributed by atoms with van der Waals surface area (Å²) in [6.07, 6.45) is 0. The Morgan fingerprint density at radius 3 is 2.47 bits per heavy atom. The minimum atomic E-state index is -0.268. The lowest BCUT2D eigenvalue weighted by Crippen LogP contribution is -2.43. The molecule has 1 rings (SSSR count). The zero-order valence-corrected chi connectivity index (χ0v) is 10.4. The summed E-state index contributed by atoms with van der Waals surface area (Å²) in [7, 11) is 0. The molecule has 98 valence electrons. The highest BCUT2D eigenvalue weighted by Gasteiger charge is 2.30. The number of nitrogens with two attached hydrogens (primary N) is 1. The van der Waals surface area contributed by atoms with Gasteiger partial charge in [0, 0.05) is 25.0 Å². The van der Waals surface area contributed by atoms with Crippen molar-refractivity contribution in [1.29, 1.82) is 0 Å². The van der Waals surface area contributed by atoms with Crippen LogP contribution < -0.4 is 16.4 Å². The van der Waals surface area contributed by atoms with Crippen molar-refractivity contribution in [2.24, 2.45) is 17.6 Å². The SMILES string of the molecule is CC(C)C(=O)NCCNC(=O)C1COCC1N. The zero-order valence-electron chi connectivity index (χ0n) is 10.4. The van der Waals surface area contributed by atoms with Crippen LogP contribution in [0.2, 0.25) is 0 Å². The van der Waals surface area contributed by atoms with E-state index in [4.69, 9.17) is 10.5 Å². The molecule has 0 radical (unpaired) electrons. The Balaban J connectivity index is 2.14. The lowest BCUT2D eigenvalue weighted by Gasteiger charge is -2.14. The van der Waals surface area contributed by atoms with Gasteiger partial charge in [0.15, 0.2) is 0 Å². The summed E-state index contributed by atoms with van der Waals surface area (Å²) in [6.45, 7) is 5.31. The van der Waals surface area contributed by atoms with Crippen molar-refractivity contribution >= 4 is 11.8 Å². The molecule has 6 heteroatoms. The molecule has 4 N–H and O–H groups in total. The van der Waals surface area contributed by atoms with Gasteiger partial charge >= 0.3 is 0 Å². The molecule has 0 saturated carbocycles. The fourth-order valence-electron chi connectivity index (χ4n) is 1.55. The average Bonchev–Trinajstić information content (AvgIpc) is 2.70. The summed E-state index contributed by atoms with van der Waals surface area (Å²) in [5.74, 6) is -0.424. The molecule has 2 unspecified atom stereocenters. The van der Waals surface area contributed by atoms with E-state index < -0.39 is 0 Å². The molecular weight excluding hydrogens is 222 g/mol. The third-order valence-corrected chi connectivity index (χ3v) is 2.71. The number of hydrogen-bond acceptors (Lipinski definition) is 4. The average molecular weight is 243 g/mol. The van der Waals surface area contributed by atoms with Crippen molar-refractivity contribution in [2.75, 3.05) is 26.3 Å². The Hall–Kier alpha value is -1.14. The number of amides is 2. The quantitative estimate of drug-likeness (QED) is 0.531. The first-order valence-electron chi connectivity index (χ1n) is 5.91. The van der Waals surface area contributed by atoms with Gasteiger partial charge in [0.2, 0.25) is 11.8 Å². The van der Waals surface area contributed by atoms with Crippen LogP contribution in [0.15, 0.2) is 0 Å². The highest BCUT2D eigenvalue weighted by molar-refractivity contribution is 5.80. The fourth-order valence-corrected chi connectivity index (χ4v) is 1.55. The maximum Gasteiger partial charge on any atom is 0.227 e. The Kier molecular flexibility index (Phi) is 5.37. The van der Waals surface area contributed by atoms with Crippen molar-refractivity contribution in [2.45, 2.75) is 19.9 Å². The van der Waals surface area contributed by atoms with E-state index in [0.717, 1.165) is 0 Å². The second-order valence-electron chi connectivity index (χ2n) is 4.54. The molecule has 0 aliphatic carbocycles. The number of ether oxygens (including phenoxy) is 1. The van der Waals surface area contributed by atoms with Crippen molar-refractivity contribution in [1.82, 2.24) is 10.6 Å². The van der Waals surface area contributed by atoms with Gasteiger partial charge in [-0.25, -0.2) is 0 Å². The number of rotatable bonds is 5. The summed E-state index contributed by atoms with van der Waals surface area (Å²) in [6, 6.07) is -0.222. The molecule has 2 amide bonds. The van der Waals surface area contributed by atoms with Crippen LogP contribution in [0.5, 0.6) is 0 Å². The van der Waals surface area contributed by atoms with Crippen LogP contribution in [0.3, 0.4) is 0 Å². The van der Waals surface area contributed by atoms with Crippen molar-refractivity contribution in [3.63, 3.8) is 0 Å². The Labute approximate surface area is 101 Å². The van der Waals surface area contributed by atoms with E-state index in [-0.39, 0.29) is 29.7 Å². The van der Waals surface area contributed by atoms with Crippen LogP contribution in [-0.4, -0.2) is 44.2 Å². The first kappa shape index (κ1) is 13.9. The van der Waals surface area contributed by atoms with Crippen LogP contribution in [0, 0.1) is 11.8 Å². The summed E-state index contributed by atoms with van der Waals surface area (Å²) in [4.78, 5) is 22.9. The van der Waals surface area contributed by atoms with Gasteiger partial charge in [-0.1, -0.05) is 13.8 Å². The van der Waals surface area contributed by atoms with Gasteiger partial charge in [-0.2, -0.15) is 0 Å². The minimum Gasteiger partial charge on any atom is -0.379 e. The third kappa shape index (κ3) is 4.32. The molecule has 17 heavy (non-hydrogen) atoms. The van der Waals surface area contributed by atoms with E-state index in [2.05, 4.69) is 10.6 Å². The van der Waals surface area contributed by atoms with Gasteiger partial charge in [0.05, 0.1) is 19.1 Å². The highest BCUT2D eigenvalue weighted by Crippen LogP contribution is 2.10. The Morgan fingerprint density at radius 2 is 1.94 bits per heavy atom. The van der Waals surface area contributed by atoms with Crippen LogP contribution in [-0.2, 0) is 14.3 Å². The van der Waals surface area contributed by atoms with E-state index in [1.807, 2.05) is 13.8 Å². The summed E-state index contributed by atoms with van der Waals surface area (Å²) in [5, 5.41) is 5.46. The summed E-state index contributed by atoms with van der Waals surface area (Å²) in [5.41, 5.74) is 5.72. The molecule has 0 bridgehead atoms. The van der Waals surface area contributed by atoms with E-state index in [0.29, 0.717) is 26.3 Å². The van der Waals surface area contributed by atoms with Crippen LogP contribution >= 0.6 is 0 Å². The lowest BCUT2D eigenvalue weighted by molar-refractivity contribution is -0.126. The fraction of sp³-hybridized carbons (Fsp3) is 0.818. The van der Waals surface area contributed by atoms with Crippen LogP contribution in [0.1, 0.15) is 13.8 Å². The normalized spacial score (nSPS) is 23.8. The summed E-state index contributed by atoms with van der Waals surface area (Å²) < 4.78 is 5.11. The standard InChI is InChI=1S/C11H21N3O3/c1-7(2)10(15)13-3-4-14-11(16)8-5-17-6-9(8)12/h7-9H,3-6,12H2,1-2H3,(H,13,15)(H,14,16). The molecular formula is C11H21N3O3.